The number of nitrogens with one attached hydrogen (secondary N) is 1. The number of rotatable bonds is 7. The van der Waals surface area contributed by atoms with Gasteiger partial charge in [0.2, 0.25) is 17.6 Å². The Morgan fingerprint density at radius 2 is 1.83 bits per heavy atom. The average molecular weight is 483 g/mol. The first-order chi connectivity index (χ1) is 17.5. The van der Waals surface area contributed by atoms with Crippen LogP contribution < -0.4 is 10.2 Å². The first kappa shape index (κ1) is 23.2. The number of pyridine rings is 1. The molecule has 182 valence electrons. The maximum absolute atomic E-state index is 12.8. The van der Waals surface area contributed by atoms with Crippen molar-refractivity contribution in [2.75, 3.05) is 30.9 Å². The van der Waals surface area contributed by atoms with Crippen molar-refractivity contribution >= 4 is 23.2 Å². The molecule has 2 amide bonds. The Bertz CT molecular complexity index is 1350. The average Bonchev–Trinajstić information content (AvgIpc) is 3.53. The van der Waals surface area contributed by atoms with E-state index in [1.807, 2.05) is 67.5 Å². The van der Waals surface area contributed by atoms with Crippen LogP contribution in [0.3, 0.4) is 0 Å². The van der Waals surface area contributed by atoms with Gasteiger partial charge in [0, 0.05) is 68.5 Å². The van der Waals surface area contributed by atoms with Crippen molar-refractivity contribution in [1.29, 1.82) is 0 Å². The van der Waals surface area contributed by atoms with E-state index in [1.54, 1.807) is 29.4 Å². The van der Waals surface area contributed by atoms with E-state index in [1.165, 1.54) is 0 Å². The molecule has 1 aliphatic heterocycles. The zero-order valence-corrected chi connectivity index (χ0v) is 20.1. The lowest BCUT2D eigenvalue weighted by atomic mass is 10.1. The normalized spacial score (nSPS) is 15.2. The SMILES string of the molecule is CN(C)c1ccc(-c2noc(-c3ccc(NC(=O)C4CC(=O)N(Cc5cccnc5)C4)cc3)n2)cc1. The summed E-state index contributed by atoms with van der Waals surface area (Å²) in [6.45, 7) is 0.842. The van der Waals surface area contributed by atoms with Crippen molar-refractivity contribution in [2.45, 2.75) is 13.0 Å². The van der Waals surface area contributed by atoms with Gasteiger partial charge in [-0.2, -0.15) is 4.98 Å². The van der Waals surface area contributed by atoms with Gasteiger partial charge in [-0.15, -0.1) is 0 Å². The van der Waals surface area contributed by atoms with Crippen molar-refractivity contribution in [3.05, 3.63) is 78.6 Å². The third kappa shape index (κ3) is 5.10. The van der Waals surface area contributed by atoms with Crippen molar-refractivity contribution in [2.24, 2.45) is 5.92 Å². The van der Waals surface area contributed by atoms with Crippen molar-refractivity contribution in [1.82, 2.24) is 20.0 Å². The van der Waals surface area contributed by atoms with Crippen molar-refractivity contribution in [3.63, 3.8) is 0 Å². The van der Waals surface area contributed by atoms with Gasteiger partial charge in [0.15, 0.2) is 0 Å². The van der Waals surface area contributed by atoms with E-state index in [0.717, 1.165) is 22.4 Å². The maximum atomic E-state index is 12.8. The molecule has 2 aromatic heterocycles. The number of nitrogens with zero attached hydrogens (tertiary/aromatic N) is 5. The van der Waals surface area contributed by atoms with Gasteiger partial charge in [0.05, 0.1) is 5.92 Å². The number of anilines is 2. The minimum atomic E-state index is -0.397. The molecule has 0 spiro atoms. The Balaban J connectivity index is 1.20. The fraction of sp³-hybridized carbons (Fsp3) is 0.222. The molecule has 2 aromatic carbocycles. The lowest BCUT2D eigenvalue weighted by Gasteiger charge is -2.16. The highest BCUT2D eigenvalue weighted by atomic mass is 16.5. The summed E-state index contributed by atoms with van der Waals surface area (Å²) in [7, 11) is 3.97. The molecule has 9 nitrogen and oxygen atoms in total. The fourth-order valence-electron chi connectivity index (χ4n) is 4.12. The van der Waals surface area contributed by atoms with E-state index >= 15 is 0 Å². The summed E-state index contributed by atoms with van der Waals surface area (Å²) in [5, 5.41) is 7.01. The van der Waals surface area contributed by atoms with E-state index in [9.17, 15) is 9.59 Å². The molecular weight excluding hydrogens is 456 g/mol. The summed E-state index contributed by atoms with van der Waals surface area (Å²) in [6.07, 6.45) is 3.62. The summed E-state index contributed by atoms with van der Waals surface area (Å²) in [4.78, 5) is 37.5. The number of carbonyl (C=O) groups is 2. The highest BCUT2D eigenvalue weighted by Crippen LogP contribution is 2.26. The zero-order chi connectivity index (χ0) is 25.1. The second kappa shape index (κ2) is 9.99. The molecule has 1 N–H and O–H groups in total. The first-order valence-electron chi connectivity index (χ1n) is 11.7. The van der Waals surface area contributed by atoms with Crippen LogP contribution in [0.25, 0.3) is 22.8 Å². The molecule has 5 rings (SSSR count). The molecule has 1 atom stereocenters. The van der Waals surface area contributed by atoms with Crippen LogP contribution >= 0.6 is 0 Å². The molecule has 0 aliphatic carbocycles. The molecule has 1 unspecified atom stereocenters. The van der Waals surface area contributed by atoms with E-state index in [-0.39, 0.29) is 18.2 Å². The molecule has 36 heavy (non-hydrogen) atoms. The quantitative estimate of drug-likeness (QED) is 0.427. The molecule has 0 saturated carbocycles. The van der Waals surface area contributed by atoms with E-state index < -0.39 is 5.92 Å². The number of hydrogen-bond acceptors (Lipinski definition) is 7. The summed E-state index contributed by atoms with van der Waals surface area (Å²) in [5.41, 5.74) is 4.28. The van der Waals surface area contributed by atoms with Crippen LogP contribution in [-0.2, 0) is 16.1 Å². The number of aromatic nitrogens is 3. The van der Waals surface area contributed by atoms with Crippen LogP contribution in [0.4, 0.5) is 11.4 Å². The highest BCUT2D eigenvalue weighted by Gasteiger charge is 2.34. The monoisotopic (exact) mass is 482 g/mol. The molecule has 3 heterocycles. The van der Waals surface area contributed by atoms with Crippen molar-refractivity contribution < 1.29 is 14.1 Å². The molecular formula is C27H26N6O3. The third-order valence-electron chi connectivity index (χ3n) is 6.15. The summed E-state index contributed by atoms with van der Waals surface area (Å²) in [5.74, 6) is 0.302. The molecule has 1 fully saturated rings. The van der Waals surface area contributed by atoms with Crippen LogP contribution in [0, 0.1) is 5.92 Å². The minimum absolute atomic E-state index is 0.0297. The molecule has 1 saturated heterocycles. The van der Waals surface area contributed by atoms with Gasteiger partial charge >= 0.3 is 0 Å². The highest BCUT2D eigenvalue weighted by molar-refractivity contribution is 5.97. The Morgan fingerprint density at radius 1 is 1.08 bits per heavy atom. The van der Waals surface area contributed by atoms with E-state index in [2.05, 4.69) is 20.4 Å². The van der Waals surface area contributed by atoms with Crippen molar-refractivity contribution in [3.8, 4) is 22.8 Å². The third-order valence-corrected chi connectivity index (χ3v) is 6.15. The lowest BCUT2D eigenvalue weighted by Crippen LogP contribution is -2.28. The fourth-order valence-corrected chi connectivity index (χ4v) is 4.12. The maximum Gasteiger partial charge on any atom is 0.258 e. The summed E-state index contributed by atoms with van der Waals surface area (Å²) in [6, 6.07) is 18.9. The Kier molecular flexibility index (Phi) is 6.44. The van der Waals surface area contributed by atoms with Gasteiger partial charge in [-0.1, -0.05) is 11.2 Å². The second-order valence-corrected chi connectivity index (χ2v) is 8.97. The zero-order valence-electron chi connectivity index (χ0n) is 20.1. The van der Waals surface area contributed by atoms with Crippen LogP contribution in [0.2, 0.25) is 0 Å². The van der Waals surface area contributed by atoms with E-state index in [0.29, 0.717) is 30.5 Å². The predicted octanol–water partition coefficient (Wildman–Crippen LogP) is 3.85. The lowest BCUT2D eigenvalue weighted by molar-refractivity contribution is -0.128. The predicted molar refractivity (Wildman–Crippen MR) is 136 cm³/mol. The van der Waals surface area contributed by atoms with Gasteiger partial charge in [-0.05, 0) is 60.2 Å². The first-order valence-corrected chi connectivity index (χ1v) is 11.7. The number of hydrogen-bond donors (Lipinski definition) is 1. The topological polar surface area (TPSA) is 104 Å². The van der Waals surface area contributed by atoms with Crippen LogP contribution in [0.15, 0.2) is 77.6 Å². The minimum Gasteiger partial charge on any atom is -0.378 e. The molecule has 4 aromatic rings. The molecule has 0 bridgehead atoms. The van der Waals surface area contributed by atoms with Gasteiger partial charge < -0.3 is 19.6 Å². The van der Waals surface area contributed by atoms with Crippen LogP contribution in [0.1, 0.15) is 12.0 Å². The number of benzene rings is 2. The smallest absolute Gasteiger partial charge is 0.258 e. The van der Waals surface area contributed by atoms with E-state index in [4.69, 9.17) is 4.52 Å². The van der Waals surface area contributed by atoms with Gasteiger partial charge in [0.25, 0.3) is 5.89 Å². The summed E-state index contributed by atoms with van der Waals surface area (Å²) < 4.78 is 5.45. The molecule has 0 radical (unpaired) electrons. The van der Waals surface area contributed by atoms with Crippen LogP contribution in [-0.4, -0.2) is 52.5 Å². The Morgan fingerprint density at radius 3 is 2.53 bits per heavy atom. The number of carbonyl (C=O) groups excluding carboxylic acids is 2. The largest absolute Gasteiger partial charge is 0.378 e. The van der Waals surface area contributed by atoms with Gasteiger partial charge in [-0.25, -0.2) is 0 Å². The van der Waals surface area contributed by atoms with Gasteiger partial charge in [-0.3, -0.25) is 14.6 Å². The molecule has 9 heteroatoms. The Hall–Kier alpha value is -4.53. The molecule has 1 aliphatic rings. The second-order valence-electron chi connectivity index (χ2n) is 8.97. The van der Waals surface area contributed by atoms with Gasteiger partial charge in [0.1, 0.15) is 0 Å². The standard InChI is InChI=1S/C27H26N6O3/c1-32(2)23-11-7-19(8-12-23)25-30-27(36-31-25)20-5-9-22(10-6-20)29-26(35)21-14-24(34)33(17-21)16-18-4-3-13-28-15-18/h3-13,15,21H,14,16-17H2,1-2H3,(H,29,35). The van der Waals surface area contributed by atoms with Crippen LogP contribution in [0.5, 0.6) is 0 Å². The Labute approximate surface area is 208 Å². The number of amides is 2. The number of likely N-dealkylation sites (tertiary alicyclic amines) is 1. The summed E-state index contributed by atoms with van der Waals surface area (Å²) >= 11 is 0.